The smallest absolute Gasteiger partial charge is 0.307 e. The fourth-order valence-electron chi connectivity index (χ4n) is 1.23. The van der Waals surface area contributed by atoms with Crippen LogP contribution < -0.4 is 5.73 Å². The van der Waals surface area contributed by atoms with Crippen LogP contribution in [0.25, 0.3) is 0 Å². The molecule has 0 fully saturated rings. The third-order valence-corrected chi connectivity index (χ3v) is 1.93. The van der Waals surface area contributed by atoms with Gasteiger partial charge in [0.15, 0.2) is 0 Å². The Bertz CT molecular complexity index is 309. The highest BCUT2D eigenvalue weighted by Gasteiger charge is 2.14. The maximum absolute atomic E-state index is 11.1. The summed E-state index contributed by atoms with van der Waals surface area (Å²) in [5.41, 5.74) is 6.64. The zero-order valence-corrected chi connectivity index (χ0v) is 8.43. The van der Waals surface area contributed by atoms with E-state index in [1.54, 1.807) is 24.0 Å². The van der Waals surface area contributed by atoms with E-state index in [9.17, 15) is 4.79 Å². The van der Waals surface area contributed by atoms with Crippen molar-refractivity contribution in [2.24, 2.45) is 12.8 Å². The maximum atomic E-state index is 11.1. The van der Waals surface area contributed by atoms with Crippen molar-refractivity contribution in [3.05, 3.63) is 18.2 Å². The van der Waals surface area contributed by atoms with Gasteiger partial charge in [0.05, 0.1) is 31.1 Å². The van der Waals surface area contributed by atoms with Crippen LogP contribution in [-0.2, 0) is 16.6 Å². The number of carbonyl (C=O) groups is 1. The summed E-state index contributed by atoms with van der Waals surface area (Å²) in [5, 5.41) is 0. The standard InChI is InChI=1S/C9H15N3O2/c1-3-14-9(13)4-7(10)8-5-11-6-12(8)2/h5-7H,3-4,10H2,1-2H3. The van der Waals surface area contributed by atoms with Gasteiger partial charge in [0.2, 0.25) is 0 Å². The lowest BCUT2D eigenvalue weighted by Crippen LogP contribution is -2.19. The number of aromatic nitrogens is 2. The van der Waals surface area contributed by atoms with E-state index >= 15 is 0 Å². The first kappa shape index (κ1) is 10.7. The first-order valence-corrected chi connectivity index (χ1v) is 4.52. The summed E-state index contributed by atoms with van der Waals surface area (Å²) < 4.78 is 6.60. The van der Waals surface area contributed by atoms with Crippen LogP contribution in [0.3, 0.4) is 0 Å². The Balaban J connectivity index is 2.54. The average molecular weight is 197 g/mol. The molecular weight excluding hydrogens is 182 g/mol. The van der Waals surface area contributed by atoms with Gasteiger partial charge >= 0.3 is 5.97 Å². The molecule has 0 saturated carbocycles. The zero-order chi connectivity index (χ0) is 10.6. The van der Waals surface area contributed by atoms with Crippen LogP contribution >= 0.6 is 0 Å². The molecule has 1 rings (SSSR count). The third kappa shape index (κ3) is 2.56. The summed E-state index contributed by atoms with van der Waals surface area (Å²) in [7, 11) is 1.84. The lowest BCUT2D eigenvalue weighted by atomic mass is 10.1. The molecule has 0 bridgehead atoms. The molecule has 5 nitrogen and oxygen atoms in total. The van der Waals surface area contributed by atoms with Crippen LogP contribution in [0.2, 0.25) is 0 Å². The molecule has 1 aromatic rings. The van der Waals surface area contributed by atoms with Crippen molar-refractivity contribution < 1.29 is 9.53 Å². The maximum Gasteiger partial charge on any atom is 0.307 e. The van der Waals surface area contributed by atoms with Crippen LogP contribution in [0.15, 0.2) is 12.5 Å². The van der Waals surface area contributed by atoms with Crippen molar-refractivity contribution in [3.8, 4) is 0 Å². The SMILES string of the molecule is CCOC(=O)CC(N)c1cncn1C. The molecule has 1 unspecified atom stereocenters. The molecule has 5 heteroatoms. The fourth-order valence-corrected chi connectivity index (χ4v) is 1.23. The number of ether oxygens (including phenoxy) is 1. The van der Waals surface area contributed by atoms with Crippen molar-refractivity contribution >= 4 is 5.97 Å². The molecule has 0 aliphatic carbocycles. The number of imidazole rings is 1. The Labute approximate surface area is 82.9 Å². The van der Waals surface area contributed by atoms with E-state index in [4.69, 9.17) is 10.5 Å². The van der Waals surface area contributed by atoms with Crippen molar-refractivity contribution in [1.29, 1.82) is 0 Å². The first-order chi connectivity index (χ1) is 6.65. The molecule has 1 atom stereocenters. The van der Waals surface area contributed by atoms with Gasteiger partial charge in [-0.15, -0.1) is 0 Å². The summed E-state index contributed by atoms with van der Waals surface area (Å²) in [6, 6.07) is -0.346. The minimum Gasteiger partial charge on any atom is -0.466 e. The molecule has 14 heavy (non-hydrogen) atoms. The number of hydrogen-bond acceptors (Lipinski definition) is 4. The van der Waals surface area contributed by atoms with E-state index in [1.807, 2.05) is 7.05 Å². The number of nitrogens with two attached hydrogens (primary N) is 1. The molecule has 1 heterocycles. The van der Waals surface area contributed by atoms with Crippen molar-refractivity contribution in [1.82, 2.24) is 9.55 Å². The Morgan fingerprint density at radius 1 is 1.79 bits per heavy atom. The fraction of sp³-hybridized carbons (Fsp3) is 0.556. The van der Waals surface area contributed by atoms with Gasteiger partial charge in [0, 0.05) is 13.2 Å². The topological polar surface area (TPSA) is 70.1 Å². The number of carbonyl (C=O) groups excluding carboxylic acids is 1. The van der Waals surface area contributed by atoms with Gasteiger partial charge in [0.25, 0.3) is 0 Å². The average Bonchev–Trinajstić information content (AvgIpc) is 2.51. The molecule has 1 aromatic heterocycles. The lowest BCUT2D eigenvalue weighted by Gasteiger charge is -2.10. The predicted molar refractivity (Wildman–Crippen MR) is 51.4 cm³/mol. The number of esters is 1. The van der Waals surface area contributed by atoms with Crippen molar-refractivity contribution in [2.45, 2.75) is 19.4 Å². The van der Waals surface area contributed by atoms with E-state index in [1.165, 1.54) is 0 Å². The number of nitrogens with zero attached hydrogens (tertiary/aromatic N) is 2. The van der Waals surface area contributed by atoms with Crippen molar-refractivity contribution in [3.63, 3.8) is 0 Å². The first-order valence-electron chi connectivity index (χ1n) is 4.52. The normalized spacial score (nSPS) is 12.5. The quantitative estimate of drug-likeness (QED) is 0.708. The monoisotopic (exact) mass is 197 g/mol. The largest absolute Gasteiger partial charge is 0.466 e. The highest BCUT2D eigenvalue weighted by atomic mass is 16.5. The second kappa shape index (κ2) is 4.76. The molecule has 78 valence electrons. The summed E-state index contributed by atoms with van der Waals surface area (Å²) in [6.45, 7) is 2.16. The molecule has 0 aliphatic rings. The van der Waals surface area contributed by atoms with Gasteiger partial charge in [-0.1, -0.05) is 0 Å². The lowest BCUT2D eigenvalue weighted by molar-refractivity contribution is -0.143. The van der Waals surface area contributed by atoms with E-state index in [0.29, 0.717) is 6.61 Å². The van der Waals surface area contributed by atoms with E-state index < -0.39 is 0 Å². The second-order valence-corrected chi connectivity index (χ2v) is 3.05. The molecule has 2 N–H and O–H groups in total. The van der Waals surface area contributed by atoms with Crippen LogP contribution in [0.1, 0.15) is 25.1 Å². The highest BCUT2D eigenvalue weighted by molar-refractivity contribution is 5.70. The van der Waals surface area contributed by atoms with Crippen LogP contribution in [0.4, 0.5) is 0 Å². The Hall–Kier alpha value is -1.36. The molecule has 0 saturated heterocycles. The Kier molecular flexibility index (Phi) is 3.64. The van der Waals surface area contributed by atoms with Crippen molar-refractivity contribution in [2.75, 3.05) is 6.61 Å². The minimum atomic E-state index is -0.346. The van der Waals surface area contributed by atoms with Gasteiger partial charge < -0.3 is 15.0 Å². The van der Waals surface area contributed by atoms with E-state index in [0.717, 1.165) is 5.69 Å². The predicted octanol–water partition coefficient (Wildman–Crippen LogP) is 0.373. The molecule has 0 amide bonds. The summed E-state index contributed by atoms with van der Waals surface area (Å²) >= 11 is 0. The Morgan fingerprint density at radius 3 is 3.00 bits per heavy atom. The van der Waals surface area contributed by atoms with Crippen LogP contribution in [0.5, 0.6) is 0 Å². The third-order valence-electron chi connectivity index (χ3n) is 1.93. The van der Waals surface area contributed by atoms with Gasteiger partial charge in [-0.3, -0.25) is 4.79 Å². The second-order valence-electron chi connectivity index (χ2n) is 3.05. The van der Waals surface area contributed by atoms with Gasteiger partial charge in [0.1, 0.15) is 0 Å². The molecule has 0 radical (unpaired) electrons. The zero-order valence-electron chi connectivity index (χ0n) is 8.43. The van der Waals surface area contributed by atoms with Gasteiger partial charge in [-0.2, -0.15) is 0 Å². The van der Waals surface area contributed by atoms with Gasteiger partial charge in [-0.05, 0) is 6.92 Å². The number of rotatable bonds is 4. The number of aryl methyl sites for hydroxylation is 1. The number of hydrogen-bond donors (Lipinski definition) is 1. The van der Waals surface area contributed by atoms with Crippen LogP contribution in [0, 0.1) is 0 Å². The summed E-state index contributed by atoms with van der Waals surface area (Å²) in [6.07, 6.45) is 3.50. The molecule has 0 aliphatic heterocycles. The highest BCUT2D eigenvalue weighted by Crippen LogP contribution is 2.12. The summed E-state index contributed by atoms with van der Waals surface area (Å²) in [4.78, 5) is 15.1. The Morgan fingerprint density at radius 2 is 2.50 bits per heavy atom. The van der Waals surface area contributed by atoms with Crippen LogP contribution in [-0.4, -0.2) is 22.1 Å². The molecular formula is C9H15N3O2. The van der Waals surface area contributed by atoms with E-state index in [2.05, 4.69) is 4.98 Å². The molecule has 0 aromatic carbocycles. The van der Waals surface area contributed by atoms with E-state index in [-0.39, 0.29) is 18.4 Å². The minimum absolute atomic E-state index is 0.188. The summed E-state index contributed by atoms with van der Waals surface area (Å²) in [5.74, 6) is -0.277. The molecule has 0 spiro atoms. The van der Waals surface area contributed by atoms with Gasteiger partial charge in [-0.25, -0.2) is 4.98 Å².